The number of rotatable bonds is 7. The lowest BCUT2D eigenvalue weighted by atomic mass is 10.2. The standard InChI is InChI=1S/C14H23N5OS2/c1-3-19(4-2)14-16-9-12(22-14)10-17-18-13(21)15-8-11-6-5-7-20-11/h9-11H,3-8H2,1-2H3,(H2,15,18,21)/b17-10-/t11-/m0/s1. The Bertz CT molecular complexity index is 495. The number of ether oxygens (including phenoxy) is 1. The molecule has 0 aromatic carbocycles. The van der Waals surface area contributed by atoms with E-state index in [0.29, 0.717) is 5.11 Å². The summed E-state index contributed by atoms with van der Waals surface area (Å²) in [5.41, 5.74) is 2.82. The molecule has 0 spiro atoms. The molecule has 8 heteroatoms. The van der Waals surface area contributed by atoms with Crippen molar-refractivity contribution in [3.63, 3.8) is 0 Å². The average molecular weight is 342 g/mol. The Balaban J connectivity index is 1.73. The maximum Gasteiger partial charge on any atom is 0.187 e. The van der Waals surface area contributed by atoms with Gasteiger partial charge >= 0.3 is 0 Å². The lowest BCUT2D eigenvalue weighted by molar-refractivity contribution is 0.114. The molecule has 0 saturated carbocycles. The minimum Gasteiger partial charge on any atom is -0.376 e. The molecule has 1 saturated heterocycles. The third kappa shape index (κ3) is 5.19. The third-order valence-corrected chi connectivity index (χ3v) is 4.65. The highest BCUT2D eigenvalue weighted by atomic mass is 32.1. The lowest BCUT2D eigenvalue weighted by Gasteiger charge is -2.16. The van der Waals surface area contributed by atoms with Gasteiger partial charge in [-0.25, -0.2) is 4.98 Å². The first kappa shape index (κ1) is 17.1. The van der Waals surface area contributed by atoms with Gasteiger partial charge in [-0.1, -0.05) is 11.3 Å². The number of nitrogens with zero attached hydrogens (tertiary/aromatic N) is 3. The van der Waals surface area contributed by atoms with E-state index in [2.05, 4.69) is 39.6 Å². The number of hydrogen-bond acceptors (Lipinski definition) is 6. The maximum absolute atomic E-state index is 5.52. The second kappa shape index (κ2) is 9.02. The van der Waals surface area contributed by atoms with E-state index in [9.17, 15) is 0 Å². The Morgan fingerprint density at radius 3 is 3.09 bits per heavy atom. The Kier molecular flexibility index (Phi) is 7.01. The fourth-order valence-electron chi connectivity index (χ4n) is 2.18. The van der Waals surface area contributed by atoms with E-state index in [0.717, 1.165) is 49.1 Å². The zero-order valence-corrected chi connectivity index (χ0v) is 14.7. The van der Waals surface area contributed by atoms with Crippen molar-refractivity contribution in [3.8, 4) is 0 Å². The SMILES string of the molecule is CCN(CC)c1ncc(/C=N\NC(=S)NC[C@@H]2CCCO2)s1. The summed E-state index contributed by atoms with van der Waals surface area (Å²) >= 11 is 6.79. The topological polar surface area (TPSA) is 61.8 Å². The molecule has 1 aliphatic rings. The number of hydrogen-bond donors (Lipinski definition) is 2. The number of anilines is 1. The van der Waals surface area contributed by atoms with Crippen molar-refractivity contribution >= 4 is 40.0 Å². The first-order valence-corrected chi connectivity index (χ1v) is 8.84. The van der Waals surface area contributed by atoms with Gasteiger partial charge in [-0.05, 0) is 38.9 Å². The van der Waals surface area contributed by atoms with Crippen LogP contribution in [0.5, 0.6) is 0 Å². The van der Waals surface area contributed by atoms with Crippen molar-refractivity contribution in [2.75, 3.05) is 31.1 Å². The van der Waals surface area contributed by atoms with Crippen molar-refractivity contribution < 1.29 is 4.74 Å². The van der Waals surface area contributed by atoms with Crippen LogP contribution in [0.1, 0.15) is 31.6 Å². The second-order valence-electron chi connectivity index (χ2n) is 4.93. The Labute approximate surface area is 140 Å². The van der Waals surface area contributed by atoms with Crippen LogP contribution in [0.4, 0.5) is 5.13 Å². The Morgan fingerprint density at radius 2 is 2.41 bits per heavy atom. The van der Waals surface area contributed by atoms with Crippen molar-refractivity contribution in [2.24, 2.45) is 5.10 Å². The average Bonchev–Trinajstić information content (AvgIpc) is 3.18. The summed E-state index contributed by atoms with van der Waals surface area (Å²) in [6.45, 7) is 7.74. The van der Waals surface area contributed by atoms with Gasteiger partial charge < -0.3 is 15.0 Å². The summed E-state index contributed by atoms with van der Waals surface area (Å²) < 4.78 is 5.52. The van der Waals surface area contributed by atoms with E-state index in [-0.39, 0.29) is 6.10 Å². The summed E-state index contributed by atoms with van der Waals surface area (Å²) in [4.78, 5) is 7.61. The number of thiazole rings is 1. The molecule has 0 aliphatic carbocycles. The van der Waals surface area contributed by atoms with E-state index < -0.39 is 0 Å². The fourth-order valence-corrected chi connectivity index (χ4v) is 3.23. The fraction of sp³-hybridized carbons (Fsp3) is 0.643. The van der Waals surface area contributed by atoms with E-state index in [4.69, 9.17) is 17.0 Å². The van der Waals surface area contributed by atoms with Crippen LogP contribution in [0.15, 0.2) is 11.3 Å². The molecule has 6 nitrogen and oxygen atoms in total. The molecule has 0 radical (unpaired) electrons. The van der Waals surface area contributed by atoms with Gasteiger partial charge in [0.1, 0.15) is 0 Å². The van der Waals surface area contributed by atoms with Crippen molar-refractivity contribution in [2.45, 2.75) is 32.8 Å². The minimum absolute atomic E-state index is 0.266. The van der Waals surface area contributed by atoms with Crippen LogP contribution in [-0.2, 0) is 4.74 Å². The predicted molar refractivity (Wildman–Crippen MR) is 96.0 cm³/mol. The van der Waals surface area contributed by atoms with E-state index in [1.54, 1.807) is 17.6 Å². The smallest absolute Gasteiger partial charge is 0.187 e. The molecule has 0 amide bonds. The zero-order chi connectivity index (χ0) is 15.8. The van der Waals surface area contributed by atoms with Crippen molar-refractivity contribution in [3.05, 3.63) is 11.1 Å². The normalized spacial score (nSPS) is 17.8. The molecular weight excluding hydrogens is 318 g/mol. The summed E-state index contributed by atoms with van der Waals surface area (Å²) in [5.74, 6) is 0. The first-order valence-electron chi connectivity index (χ1n) is 7.62. The molecule has 2 N–H and O–H groups in total. The Morgan fingerprint density at radius 1 is 1.59 bits per heavy atom. The molecule has 122 valence electrons. The van der Waals surface area contributed by atoms with Gasteiger partial charge in [0.15, 0.2) is 10.2 Å². The predicted octanol–water partition coefficient (Wildman–Crippen LogP) is 1.97. The molecule has 0 bridgehead atoms. The van der Waals surface area contributed by atoms with Crippen LogP contribution in [0.2, 0.25) is 0 Å². The minimum atomic E-state index is 0.266. The van der Waals surface area contributed by atoms with Gasteiger partial charge in [-0.15, -0.1) is 0 Å². The van der Waals surface area contributed by atoms with Crippen LogP contribution in [0.25, 0.3) is 0 Å². The van der Waals surface area contributed by atoms with E-state index >= 15 is 0 Å². The van der Waals surface area contributed by atoms with Crippen LogP contribution in [0.3, 0.4) is 0 Å². The molecule has 1 aliphatic heterocycles. The largest absolute Gasteiger partial charge is 0.376 e. The van der Waals surface area contributed by atoms with Gasteiger partial charge in [0.2, 0.25) is 0 Å². The molecule has 1 fully saturated rings. The number of aromatic nitrogens is 1. The van der Waals surface area contributed by atoms with Gasteiger partial charge in [0.25, 0.3) is 0 Å². The van der Waals surface area contributed by atoms with Gasteiger partial charge in [-0.2, -0.15) is 5.10 Å². The lowest BCUT2D eigenvalue weighted by Crippen LogP contribution is -2.37. The molecule has 2 heterocycles. The summed E-state index contributed by atoms with van der Waals surface area (Å²) in [5, 5.41) is 8.79. The molecular formula is C14H23N5OS2. The highest BCUT2D eigenvalue weighted by Gasteiger charge is 2.15. The summed E-state index contributed by atoms with van der Waals surface area (Å²) in [6.07, 6.45) is 6.05. The van der Waals surface area contributed by atoms with Crippen LogP contribution in [-0.4, -0.2) is 48.7 Å². The maximum atomic E-state index is 5.52. The number of nitrogens with one attached hydrogen (secondary N) is 2. The van der Waals surface area contributed by atoms with Gasteiger partial charge in [0.05, 0.1) is 17.2 Å². The summed E-state index contributed by atoms with van der Waals surface area (Å²) in [7, 11) is 0. The Hall–Kier alpha value is -1.25. The molecule has 0 unspecified atom stereocenters. The van der Waals surface area contributed by atoms with Gasteiger partial charge in [0, 0.05) is 32.4 Å². The van der Waals surface area contributed by atoms with E-state index in [1.165, 1.54) is 0 Å². The highest BCUT2D eigenvalue weighted by molar-refractivity contribution is 7.80. The molecule has 1 atom stereocenters. The molecule has 1 aromatic rings. The monoisotopic (exact) mass is 341 g/mol. The van der Waals surface area contributed by atoms with Crippen LogP contribution in [0, 0.1) is 0 Å². The quantitative estimate of drug-likeness (QED) is 0.449. The van der Waals surface area contributed by atoms with Crippen LogP contribution < -0.4 is 15.6 Å². The molecule has 2 rings (SSSR count). The second-order valence-corrected chi connectivity index (χ2v) is 6.38. The van der Waals surface area contributed by atoms with E-state index in [1.807, 2.05) is 6.20 Å². The van der Waals surface area contributed by atoms with Crippen molar-refractivity contribution in [1.29, 1.82) is 0 Å². The van der Waals surface area contributed by atoms with Crippen molar-refractivity contribution in [1.82, 2.24) is 15.7 Å². The van der Waals surface area contributed by atoms with Crippen LogP contribution >= 0.6 is 23.6 Å². The summed E-state index contributed by atoms with van der Waals surface area (Å²) in [6, 6.07) is 0. The molecule has 22 heavy (non-hydrogen) atoms. The number of thiocarbonyl (C=S) groups is 1. The molecule has 1 aromatic heterocycles. The zero-order valence-electron chi connectivity index (χ0n) is 13.0. The number of hydrazone groups is 1. The third-order valence-electron chi connectivity index (χ3n) is 3.42. The van der Waals surface area contributed by atoms with Gasteiger partial charge in [-0.3, -0.25) is 5.43 Å². The first-order chi connectivity index (χ1) is 10.7. The highest BCUT2D eigenvalue weighted by Crippen LogP contribution is 2.20.